The summed E-state index contributed by atoms with van der Waals surface area (Å²) in [6.07, 6.45) is -0.0968. The minimum Gasteiger partial charge on any atom is -0.309 e. The highest BCUT2D eigenvalue weighted by Gasteiger charge is 2.52. The van der Waals surface area contributed by atoms with Crippen LogP contribution in [0.5, 0.6) is 0 Å². The lowest BCUT2D eigenvalue weighted by molar-refractivity contribution is -0.138. The van der Waals surface area contributed by atoms with Crippen molar-refractivity contribution in [2.45, 2.75) is 31.4 Å². The van der Waals surface area contributed by atoms with Crippen molar-refractivity contribution >= 4 is 31.5 Å². The first-order valence-electron chi connectivity index (χ1n) is 7.30. The molecule has 4 rings (SSSR count). The van der Waals surface area contributed by atoms with E-state index >= 15 is 0 Å². The number of carbonyl (C=O) groups is 4. The van der Waals surface area contributed by atoms with Gasteiger partial charge in [-0.1, -0.05) is 0 Å². The average molecular weight is 309 g/mol. The number of nitrogens with one attached hydrogen (secondary N) is 2. The SMILES string of the molecule is [B]C1(N2C(=O)c3cc4c(cc3C2=O)CNC4)CCC(=O)NC1=O. The van der Waals surface area contributed by atoms with Gasteiger partial charge in [-0.05, 0) is 29.7 Å². The monoisotopic (exact) mass is 309 g/mol. The second-order valence-corrected chi connectivity index (χ2v) is 6.02. The van der Waals surface area contributed by atoms with Crippen molar-refractivity contribution < 1.29 is 19.2 Å². The van der Waals surface area contributed by atoms with Crippen molar-refractivity contribution in [3.63, 3.8) is 0 Å². The predicted octanol–water partition coefficient (Wildman–Crippen LogP) is -0.813. The molecule has 1 saturated heterocycles. The molecule has 114 valence electrons. The van der Waals surface area contributed by atoms with Crippen LogP contribution < -0.4 is 10.6 Å². The van der Waals surface area contributed by atoms with Crippen molar-refractivity contribution in [3.8, 4) is 0 Å². The molecule has 1 fully saturated rings. The van der Waals surface area contributed by atoms with Gasteiger partial charge in [0, 0.05) is 19.5 Å². The van der Waals surface area contributed by atoms with Crippen LogP contribution in [-0.2, 0) is 22.7 Å². The Kier molecular flexibility index (Phi) is 2.78. The van der Waals surface area contributed by atoms with Gasteiger partial charge in [0.1, 0.15) is 7.85 Å². The van der Waals surface area contributed by atoms with Crippen molar-refractivity contribution in [1.82, 2.24) is 15.5 Å². The molecule has 23 heavy (non-hydrogen) atoms. The van der Waals surface area contributed by atoms with Crippen LogP contribution in [0.3, 0.4) is 0 Å². The molecule has 3 heterocycles. The van der Waals surface area contributed by atoms with Gasteiger partial charge in [-0.25, -0.2) is 0 Å². The third-order valence-corrected chi connectivity index (χ3v) is 4.62. The van der Waals surface area contributed by atoms with E-state index < -0.39 is 29.1 Å². The average Bonchev–Trinajstić information content (AvgIpc) is 3.06. The maximum absolute atomic E-state index is 12.7. The highest BCUT2D eigenvalue weighted by Crippen LogP contribution is 2.34. The maximum Gasteiger partial charge on any atom is 0.261 e. The smallest absolute Gasteiger partial charge is 0.261 e. The number of benzene rings is 1. The second kappa shape index (κ2) is 4.51. The number of amides is 4. The summed E-state index contributed by atoms with van der Waals surface area (Å²) >= 11 is 0. The van der Waals surface area contributed by atoms with Crippen LogP contribution in [-0.4, -0.2) is 41.8 Å². The van der Waals surface area contributed by atoms with Gasteiger partial charge >= 0.3 is 0 Å². The van der Waals surface area contributed by atoms with Crippen molar-refractivity contribution in [2.24, 2.45) is 0 Å². The molecule has 1 aromatic carbocycles. The summed E-state index contributed by atoms with van der Waals surface area (Å²) in [6, 6.07) is 3.36. The number of nitrogens with zero attached hydrogens (tertiary/aromatic N) is 1. The number of fused-ring (bicyclic) bond motifs is 2. The Bertz CT molecular complexity index is 763. The fourth-order valence-corrected chi connectivity index (χ4v) is 3.33. The molecule has 4 amide bonds. The number of hydrogen-bond acceptors (Lipinski definition) is 5. The van der Waals surface area contributed by atoms with Crippen molar-refractivity contribution in [2.75, 3.05) is 0 Å². The van der Waals surface area contributed by atoms with Gasteiger partial charge in [0.25, 0.3) is 11.8 Å². The summed E-state index contributed by atoms with van der Waals surface area (Å²) in [5.41, 5.74) is 0.602. The third kappa shape index (κ3) is 1.81. The molecule has 7 nitrogen and oxygen atoms in total. The number of imide groups is 2. The van der Waals surface area contributed by atoms with E-state index in [4.69, 9.17) is 7.85 Å². The largest absolute Gasteiger partial charge is 0.309 e. The lowest BCUT2D eigenvalue weighted by Gasteiger charge is -2.38. The van der Waals surface area contributed by atoms with Crippen molar-refractivity contribution in [1.29, 1.82) is 0 Å². The van der Waals surface area contributed by atoms with Gasteiger partial charge < -0.3 is 5.32 Å². The summed E-state index contributed by atoms with van der Waals surface area (Å²) in [7, 11) is 6.06. The van der Waals surface area contributed by atoms with Gasteiger partial charge in [-0.15, -0.1) is 0 Å². The Morgan fingerprint density at radius 1 is 1.00 bits per heavy atom. The van der Waals surface area contributed by atoms with E-state index in [0.29, 0.717) is 13.1 Å². The number of piperidine rings is 1. The molecule has 3 aliphatic rings. The zero-order valence-corrected chi connectivity index (χ0v) is 12.1. The molecule has 0 saturated carbocycles. The Hall–Kier alpha value is -2.48. The molecular formula is C15H12BN3O4. The van der Waals surface area contributed by atoms with Crippen LogP contribution in [0.25, 0.3) is 0 Å². The van der Waals surface area contributed by atoms with Gasteiger partial charge in [-0.2, -0.15) is 0 Å². The van der Waals surface area contributed by atoms with E-state index in [0.717, 1.165) is 16.0 Å². The fraction of sp³-hybridized carbons (Fsp3) is 0.333. The summed E-state index contributed by atoms with van der Waals surface area (Å²) < 4.78 is 0. The summed E-state index contributed by atoms with van der Waals surface area (Å²) in [6.45, 7) is 1.26. The standard InChI is InChI=1S/C15H12BN3O4/c16-15(2-1-11(20)18-14(15)23)19-12(21)9-3-7-5-17-6-8(7)4-10(9)13(19)22/h3-4,17H,1-2,5-6H2,(H,18,20,23). The van der Waals surface area contributed by atoms with E-state index in [9.17, 15) is 19.2 Å². The molecule has 2 radical (unpaired) electrons. The van der Waals surface area contributed by atoms with Crippen LogP contribution in [0.15, 0.2) is 12.1 Å². The summed E-state index contributed by atoms with van der Waals surface area (Å²) in [4.78, 5) is 49.6. The molecule has 0 aromatic heterocycles. The molecule has 0 spiro atoms. The number of rotatable bonds is 1. The summed E-state index contributed by atoms with van der Waals surface area (Å²) in [5.74, 6) is -2.46. The highest BCUT2D eigenvalue weighted by atomic mass is 16.2. The minimum absolute atomic E-state index is 0.0178. The van der Waals surface area contributed by atoms with Gasteiger partial charge in [0.15, 0.2) is 0 Å². The Morgan fingerprint density at radius 3 is 2.09 bits per heavy atom. The lowest BCUT2D eigenvalue weighted by atomic mass is 9.70. The molecule has 2 N–H and O–H groups in total. The van der Waals surface area contributed by atoms with E-state index in [2.05, 4.69) is 10.6 Å². The molecule has 0 bridgehead atoms. The molecule has 1 atom stereocenters. The fourth-order valence-electron chi connectivity index (χ4n) is 3.33. The van der Waals surface area contributed by atoms with Crippen LogP contribution in [0, 0.1) is 0 Å². The molecule has 3 aliphatic heterocycles. The van der Waals surface area contributed by atoms with Gasteiger partial charge in [0.2, 0.25) is 11.8 Å². The Labute approximate surface area is 132 Å². The molecule has 1 unspecified atom stereocenters. The number of hydrogen-bond donors (Lipinski definition) is 2. The molecule has 0 aliphatic carbocycles. The molecular weight excluding hydrogens is 297 g/mol. The molecule has 1 aromatic rings. The Morgan fingerprint density at radius 2 is 1.57 bits per heavy atom. The maximum atomic E-state index is 12.7. The third-order valence-electron chi connectivity index (χ3n) is 4.62. The van der Waals surface area contributed by atoms with E-state index in [1.165, 1.54) is 0 Å². The first-order chi connectivity index (χ1) is 10.9. The zero-order valence-electron chi connectivity index (χ0n) is 12.1. The van der Waals surface area contributed by atoms with Crippen LogP contribution in [0.2, 0.25) is 0 Å². The van der Waals surface area contributed by atoms with Crippen LogP contribution in [0.1, 0.15) is 44.7 Å². The zero-order chi connectivity index (χ0) is 16.4. The normalized spacial score (nSPS) is 26.3. The predicted molar refractivity (Wildman–Crippen MR) is 78.4 cm³/mol. The Balaban J connectivity index is 1.78. The quantitative estimate of drug-likeness (QED) is 0.522. The van der Waals surface area contributed by atoms with Crippen LogP contribution >= 0.6 is 0 Å². The molecule has 8 heteroatoms. The minimum atomic E-state index is -1.83. The first kappa shape index (κ1) is 14.1. The highest BCUT2D eigenvalue weighted by molar-refractivity contribution is 6.37. The van der Waals surface area contributed by atoms with Crippen LogP contribution in [0.4, 0.5) is 0 Å². The van der Waals surface area contributed by atoms with E-state index in [1.54, 1.807) is 12.1 Å². The van der Waals surface area contributed by atoms with Gasteiger partial charge in [-0.3, -0.25) is 29.4 Å². The second-order valence-electron chi connectivity index (χ2n) is 6.02. The lowest BCUT2D eigenvalue weighted by Crippen LogP contribution is -2.65. The summed E-state index contributed by atoms with van der Waals surface area (Å²) in [5, 5.41) is 5.25. The van der Waals surface area contributed by atoms with E-state index in [1.807, 2.05) is 0 Å². The first-order valence-corrected chi connectivity index (χ1v) is 7.30. The van der Waals surface area contributed by atoms with Gasteiger partial charge in [0.05, 0.1) is 16.6 Å². The topological polar surface area (TPSA) is 95.6 Å². The van der Waals surface area contributed by atoms with E-state index in [-0.39, 0.29) is 24.0 Å². The van der Waals surface area contributed by atoms with Crippen molar-refractivity contribution in [3.05, 3.63) is 34.4 Å². The number of carbonyl (C=O) groups excluding carboxylic acids is 4.